The van der Waals surface area contributed by atoms with Crippen molar-refractivity contribution < 1.29 is 32.9 Å². The number of fused-ring (bicyclic) bond motifs is 1. The van der Waals surface area contributed by atoms with Crippen molar-refractivity contribution in [1.29, 1.82) is 0 Å². The standard InChI is InChI=1S/C19H19NO7S/c1-10-18(22)20(3)14-8-12(4-6-15(14)26-10)17(21)11(2)28(25)9-13-5-7-16(27-13)19(23)24/h4-8,10-11H,9H2,1-3H3,(H,23,24). The molecule has 2 aromatic rings. The van der Waals surface area contributed by atoms with Crippen molar-refractivity contribution in [2.24, 2.45) is 0 Å². The SMILES string of the molecule is CC1Oc2ccc(C(=O)C(C)S(=O)Cc3ccc(C(=O)O)o3)cc2N(C)C1=O. The number of ketones is 1. The van der Waals surface area contributed by atoms with Crippen LogP contribution in [0.15, 0.2) is 34.7 Å². The van der Waals surface area contributed by atoms with Crippen LogP contribution in [0.3, 0.4) is 0 Å². The molecular weight excluding hydrogens is 386 g/mol. The lowest BCUT2D eigenvalue weighted by Crippen LogP contribution is -2.42. The van der Waals surface area contributed by atoms with Crippen molar-refractivity contribution in [3.05, 3.63) is 47.4 Å². The molecule has 0 saturated heterocycles. The summed E-state index contributed by atoms with van der Waals surface area (Å²) in [5.41, 5.74) is 0.784. The lowest BCUT2D eigenvalue weighted by molar-refractivity contribution is -0.125. The van der Waals surface area contributed by atoms with E-state index >= 15 is 0 Å². The van der Waals surface area contributed by atoms with Crippen LogP contribution in [0.5, 0.6) is 5.75 Å². The number of aromatic carboxylic acids is 1. The van der Waals surface area contributed by atoms with Crippen molar-refractivity contribution in [1.82, 2.24) is 0 Å². The lowest BCUT2D eigenvalue weighted by atomic mass is 10.1. The normalized spacial score (nSPS) is 18.2. The molecule has 1 amide bonds. The molecule has 0 aliphatic carbocycles. The van der Waals surface area contributed by atoms with Gasteiger partial charge in [-0.1, -0.05) is 0 Å². The Labute approximate surface area is 163 Å². The summed E-state index contributed by atoms with van der Waals surface area (Å²) in [5, 5.41) is 8.02. The summed E-state index contributed by atoms with van der Waals surface area (Å²) in [4.78, 5) is 37.1. The first-order valence-electron chi connectivity index (χ1n) is 8.50. The van der Waals surface area contributed by atoms with Gasteiger partial charge >= 0.3 is 5.97 Å². The Hall–Kier alpha value is -2.94. The van der Waals surface area contributed by atoms with E-state index in [2.05, 4.69) is 0 Å². The molecule has 0 fully saturated rings. The highest BCUT2D eigenvalue weighted by atomic mass is 32.2. The minimum Gasteiger partial charge on any atom is -0.479 e. The van der Waals surface area contributed by atoms with Crippen molar-refractivity contribution in [2.45, 2.75) is 31.0 Å². The monoisotopic (exact) mass is 405 g/mol. The predicted octanol–water partition coefficient (Wildman–Crippen LogP) is 2.24. The number of rotatable bonds is 6. The molecular formula is C19H19NO7S. The number of furan rings is 1. The molecule has 1 aliphatic heterocycles. The number of amides is 1. The third kappa shape index (κ3) is 3.70. The zero-order valence-electron chi connectivity index (χ0n) is 15.5. The topological polar surface area (TPSA) is 114 Å². The van der Waals surface area contributed by atoms with Gasteiger partial charge < -0.3 is 19.2 Å². The van der Waals surface area contributed by atoms with Crippen LogP contribution < -0.4 is 9.64 Å². The second-order valence-electron chi connectivity index (χ2n) is 6.44. The number of carbonyl (C=O) groups excluding carboxylic acids is 2. The number of Topliss-reactive ketones (excluding diaryl/α,β-unsaturated/α-hetero) is 1. The van der Waals surface area contributed by atoms with E-state index < -0.39 is 28.1 Å². The van der Waals surface area contributed by atoms with Crippen LogP contribution in [0.4, 0.5) is 5.69 Å². The Balaban J connectivity index is 1.76. The number of carboxylic acid groups (broad SMARTS) is 1. The summed E-state index contributed by atoms with van der Waals surface area (Å²) in [6.45, 7) is 3.18. The number of benzene rings is 1. The second kappa shape index (κ2) is 7.59. The summed E-state index contributed by atoms with van der Waals surface area (Å²) in [6, 6.07) is 7.43. The average Bonchev–Trinajstić information content (AvgIpc) is 3.13. The molecule has 9 heteroatoms. The molecule has 3 unspecified atom stereocenters. The molecule has 148 valence electrons. The van der Waals surface area contributed by atoms with Gasteiger partial charge in [0.05, 0.1) is 16.7 Å². The van der Waals surface area contributed by atoms with Crippen molar-refractivity contribution in [3.8, 4) is 5.75 Å². The Bertz CT molecular complexity index is 980. The molecule has 1 N–H and O–H groups in total. The van der Waals surface area contributed by atoms with E-state index in [1.54, 1.807) is 32.2 Å². The van der Waals surface area contributed by atoms with Gasteiger partial charge in [-0.2, -0.15) is 0 Å². The molecule has 3 atom stereocenters. The van der Waals surface area contributed by atoms with Gasteiger partial charge in [-0.05, 0) is 44.2 Å². The molecule has 28 heavy (non-hydrogen) atoms. The zero-order valence-corrected chi connectivity index (χ0v) is 16.3. The van der Waals surface area contributed by atoms with E-state index in [0.717, 1.165) is 0 Å². The maximum Gasteiger partial charge on any atom is 0.371 e. The highest BCUT2D eigenvalue weighted by molar-refractivity contribution is 7.85. The molecule has 1 aliphatic rings. The molecule has 1 aromatic heterocycles. The molecule has 8 nitrogen and oxygen atoms in total. The van der Waals surface area contributed by atoms with Crippen LogP contribution in [0, 0.1) is 0 Å². The third-order valence-corrected chi connectivity index (χ3v) is 6.08. The average molecular weight is 405 g/mol. The van der Waals surface area contributed by atoms with Crippen molar-refractivity contribution in [2.75, 3.05) is 11.9 Å². The first-order valence-corrected chi connectivity index (χ1v) is 9.89. The van der Waals surface area contributed by atoms with Crippen LogP contribution in [0.1, 0.15) is 40.5 Å². The number of carbonyl (C=O) groups is 3. The zero-order chi connectivity index (χ0) is 20.6. The number of likely N-dealkylation sites (N-methyl/N-ethyl adjacent to an activating group) is 1. The fourth-order valence-electron chi connectivity index (χ4n) is 2.85. The first kappa shape index (κ1) is 19.8. The molecule has 3 rings (SSSR count). The molecule has 0 saturated carbocycles. The quantitative estimate of drug-likeness (QED) is 0.733. The molecule has 2 heterocycles. The van der Waals surface area contributed by atoms with Crippen LogP contribution in [0.2, 0.25) is 0 Å². The molecule has 0 spiro atoms. The first-order chi connectivity index (χ1) is 13.2. The summed E-state index contributed by atoms with van der Waals surface area (Å²) in [5.74, 6) is -1.39. The summed E-state index contributed by atoms with van der Waals surface area (Å²) < 4.78 is 23.2. The summed E-state index contributed by atoms with van der Waals surface area (Å²) >= 11 is 0. The van der Waals surface area contributed by atoms with E-state index in [0.29, 0.717) is 17.0 Å². The number of anilines is 1. The van der Waals surface area contributed by atoms with Crippen LogP contribution in [-0.4, -0.2) is 45.4 Å². The maximum atomic E-state index is 12.8. The van der Waals surface area contributed by atoms with Crippen LogP contribution in [0.25, 0.3) is 0 Å². The van der Waals surface area contributed by atoms with E-state index in [9.17, 15) is 18.6 Å². The Morgan fingerprint density at radius 3 is 2.64 bits per heavy atom. The highest BCUT2D eigenvalue weighted by Crippen LogP contribution is 2.34. The fourth-order valence-corrected chi connectivity index (χ4v) is 3.91. The van der Waals surface area contributed by atoms with Gasteiger partial charge in [-0.3, -0.25) is 13.8 Å². The number of carboxylic acids is 1. The van der Waals surface area contributed by atoms with Gasteiger partial charge in [0.25, 0.3) is 5.91 Å². The smallest absolute Gasteiger partial charge is 0.371 e. The van der Waals surface area contributed by atoms with Crippen molar-refractivity contribution >= 4 is 34.1 Å². The van der Waals surface area contributed by atoms with Gasteiger partial charge in [0.15, 0.2) is 11.9 Å². The summed E-state index contributed by atoms with van der Waals surface area (Å²) in [7, 11) is -0.0133. The van der Waals surface area contributed by atoms with Crippen LogP contribution >= 0.6 is 0 Å². The second-order valence-corrected chi connectivity index (χ2v) is 8.20. The minimum absolute atomic E-state index is 0.0792. The van der Waals surface area contributed by atoms with Crippen molar-refractivity contribution in [3.63, 3.8) is 0 Å². The van der Waals surface area contributed by atoms with Gasteiger partial charge in [0.1, 0.15) is 11.5 Å². The van der Waals surface area contributed by atoms with E-state index in [1.165, 1.54) is 24.0 Å². The van der Waals surface area contributed by atoms with Gasteiger partial charge in [-0.15, -0.1) is 0 Å². The largest absolute Gasteiger partial charge is 0.479 e. The minimum atomic E-state index is -1.62. The van der Waals surface area contributed by atoms with Gasteiger partial charge in [0.2, 0.25) is 5.76 Å². The number of ether oxygens (including phenoxy) is 1. The molecule has 0 radical (unpaired) electrons. The number of hydrogen-bond donors (Lipinski definition) is 1. The molecule has 0 bridgehead atoms. The summed E-state index contributed by atoms with van der Waals surface area (Å²) in [6.07, 6.45) is -0.602. The van der Waals surface area contributed by atoms with E-state index in [1.807, 2.05) is 0 Å². The number of hydrogen-bond acceptors (Lipinski definition) is 6. The predicted molar refractivity (Wildman–Crippen MR) is 101 cm³/mol. The Morgan fingerprint density at radius 1 is 1.29 bits per heavy atom. The lowest BCUT2D eigenvalue weighted by Gasteiger charge is -2.30. The van der Waals surface area contributed by atoms with E-state index in [4.69, 9.17) is 14.3 Å². The van der Waals surface area contributed by atoms with Gasteiger partial charge in [-0.25, -0.2) is 4.79 Å². The Kier molecular flexibility index (Phi) is 5.37. The highest BCUT2D eigenvalue weighted by Gasteiger charge is 2.30. The maximum absolute atomic E-state index is 12.8. The van der Waals surface area contributed by atoms with E-state index in [-0.39, 0.29) is 29.0 Å². The Morgan fingerprint density at radius 2 is 2.00 bits per heavy atom. The third-order valence-electron chi connectivity index (χ3n) is 4.51. The van der Waals surface area contributed by atoms with Gasteiger partial charge in [0, 0.05) is 23.4 Å². The fraction of sp³-hybridized carbons (Fsp3) is 0.316. The van der Waals surface area contributed by atoms with Crippen LogP contribution in [-0.2, 0) is 21.3 Å². The number of nitrogens with zero attached hydrogens (tertiary/aromatic N) is 1. The molecule has 1 aromatic carbocycles.